The Morgan fingerprint density at radius 3 is 2.11 bits per heavy atom. The fourth-order valence-corrected chi connectivity index (χ4v) is 2.44. The van der Waals surface area contributed by atoms with Crippen LogP contribution in [0, 0.1) is 11.6 Å². The number of hydrogen-bond acceptors (Lipinski definition) is 6. The fourth-order valence-electron chi connectivity index (χ4n) is 2.44. The lowest BCUT2D eigenvalue weighted by Crippen LogP contribution is -2.16. The Labute approximate surface area is 159 Å². The van der Waals surface area contributed by atoms with Gasteiger partial charge in [0.2, 0.25) is 0 Å². The number of rotatable bonds is 6. The van der Waals surface area contributed by atoms with Crippen LogP contribution in [0.1, 0.15) is 10.4 Å². The molecule has 1 aromatic heterocycles. The third-order valence-corrected chi connectivity index (χ3v) is 3.75. The minimum Gasteiger partial charge on any atom is -0.496 e. The predicted octanol–water partition coefficient (Wildman–Crippen LogP) is 3.77. The Morgan fingerprint density at radius 2 is 1.54 bits per heavy atom. The van der Waals surface area contributed by atoms with Gasteiger partial charge >= 0.3 is 0 Å². The van der Waals surface area contributed by atoms with Crippen LogP contribution in [0.5, 0.6) is 11.5 Å². The minimum atomic E-state index is -0.979. The monoisotopic (exact) mass is 386 g/mol. The van der Waals surface area contributed by atoms with Crippen LogP contribution in [-0.2, 0) is 0 Å². The van der Waals surface area contributed by atoms with E-state index in [0.29, 0.717) is 23.0 Å². The average Bonchev–Trinajstić information content (AvgIpc) is 2.71. The van der Waals surface area contributed by atoms with Crippen molar-refractivity contribution in [2.24, 2.45) is 0 Å². The Bertz CT molecular complexity index is 975. The van der Waals surface area contributed by atoms with E-state index in [2.05, 4.69) is 20.8 Å². The molecular weight excluding hydrogens is 370 g/mol. The van der Waals surface area contributed by atoms with Gasteiger partial charge < -0.3 is 20.1 Å². The maximum atomic E-state index is 13.3. The van der Waals surface area contributed by atoms with Crippen LogP contribution < -0.4 is 20.1 Å². The third kappa shape index (κ3) is 4.14. The molecule has 0 aliphatic heterocycles. The summed E-state index contributed by atoms with van der Waals surface area (Å²) in [5.41, 5.74) is 0.530. The smallest absolute Gasteiger partial charge is 0.264 e. The topological polar surface area (TPSA) is 85.4 Å². The van der Waals surface area contributed by atoms with Gasteiger partial charge in [-0.1, -0.05) is 6.07 Å². The molecule has 0 spiro atoms. The molecule has 0 fully saturated rings. The normalized spacial score (nSPS) is 10.3. The molecule has 28 heavy (non-hydrogen) atoms. The molecule has 1 heterocycles. The molecule has 9 heteroatoms. The molecule has 0 bridgehead atoms. The van der Waals surface area contributed by atoms with Crippen molar-refractivity contribution in [1.29, 1.82) is 0 Å². The zero-order valence-electron chi connectivity index (χ0n) is 15.0. The van der Waals surface area contributed by atoms with Gasteiger partial charge in [0.05, 0.1) is 14.2 Å². The average molecular weight is 386 g/mol. The zero-order chi connectivity index (χ0) is 20.1. The molecule has 0 radical (unpaired) electrons. The summed E-state index contributed by atoms with van der Waals surface area (Å²) in [4.78, 5) is 12.6. The quantitative estimate of drug-likeness (QED) is 0.671. The zero-order valence-corrected chi connectivity index (χ0v) is 15.0. The van der Waals surface area contributed by atoms with Gasteiger partial charge in [-0.15, -0.1) is 10.2 Å². The number of anilines is 3. The number of nitrogens with one attached hydrogen (secondary N) is 2. The Kier molecular flexibility index (Phi) is 5.64. The van der Waals surface area contributed by atoms with Crippen molar-refractivity contribution >= 4 is 23.2 Å². The first kappa shape index (κ1) is 19.0. The summed E-state index contributed by atoms with van der Waals surface area (Å²) >= 11 is 0. The summed E-state index contributed by atoms with van der Waals surface area (Å²) in [5.74, 6) is -1.23. The van der Waals surface area contributed by atoms with E-state index < -0.39 is 17.5 Å². The number of benzene rings is 2. The second kappa shape index (κ2) is 8.30. The predicted molar refractivity (Wildman–Crippen MR) is 99.2 cm³/mol. The maximum Gasteiger partial charge on any atom is 0.264 e. The molecule has 0 saturated carbocycles. The van der Waals surface area contributed by atoms with E-state index in [1.807, 2.05) is 0 Å². The minimum absolute atomic E-state index is 0.189. The molecular formula is C19H16F2N4O3. The second-order valence-corrected chi connectivity index (χ2v) is 5.55. The number of carbonyl (C=O) groups is 1. The lowest BCUT2D eigenvalue weighted by molar-refractivity contribution is 0.102. The molecule has 0 saturated heterocycles. The van der Waals surface area contributed by atoms with Crippen LogP contribution in [0.3, 0.4) is 0 Å². The molecule has 3 aromatic rings. The molecule has 2 N–H and O–H groups in total. The van der Waals surface area contributed by atoms with E-state index in [-0.39, 0.29) is 11.4 Å². The number of aromatic nitrogens is 2. The number of halogens is 2. The van der Waals surface area contributed by atoms with Crippen molar-refractivity contribution in [2.45, 2.75) is 0 Å². The molecule has 0 aliphatic rings. The summed E-state index contributed by atoms with van der Waals surface area (Å²) in [6, 6.07) is 11.4. The molecule has 0 atom stereocenters. The standard InChI is InChI=1S/C19H16F2N4O3/c1-27-14-4-3-5-15(28-2)18(14)19(26)23-17-9-8-16(24-25-17)22-11-6-7-12(20)13(21)10-11/h3-10H,1-2H3,(H,22,24)(H,23,25,26). The van der Waals surface area contributed by atoms with E-state index >= 15 is 0 Å². The number of amides is 1. The number of hydrogen-bond donors (Lipinski definition) is 2. The highest BCUT2D eigenvalue weighted by molar-refractivity contribution is 6.07. The van der Waals surface area contributed by atoms with Crippen LogP contribution in [-0.4, -0.2) is 30.3 Å². The van der Waals surface area contributed by atoms with E-state index in [0.717, 1.165) is 12.1 Å². The molecule has 1 amide bonds. The van der Waals surface area contributed by atoms with Gasteiger partial charge in [-0.25, -0.2) is 8.78 Å². The molecule has 3 rings (SSSR count). The van der Waals surface area contributed by atoms with Gasteiger partial charge in [0, 0.05) is 11.8 Å². The van der Waals surface area contributed by atoms with Crippen molar-refractivity contribution in [3.63, 3.8) is 0 Å². The Balaban J connectivity index is 1.74. The molecule has 0 unspecified atom stereocenters. The lowest BCUT2D eigenvalue weighted by Gasteiger charge is -2.12. The second-order valence-electron chi connectivity index (χ2n) is 5.55. The van der Waals surface area contributed by atoms with Gasteiger partial charge in [0.25, 0.3) is 5.91 Å². The highest BCUT2D eigenvalue weighted by Crippen LogP contribution is 2.29. The van der Waals surface area contributed by atoms with Gasteiger partial charge in [-0.05, 0) is 36.4 Å². The summed E-state index contributed by atoms with van der Waals surface area (Å²) in [5, 5.41) is 13.2. The van der Waals surface area contributed by atoms with Gasteiger partial charge in [0.1, 0.15) is 17.1 Å². The number of ether oxygens (including phenoxy) is 2. The van der Waals surface area contributed by atoms with Crippen molar-refractivity contribution in [1.82, 2.24) is 10.2 Å². The van der Waals surface area contributed by atoms with Gasteiger partial charge in [-0.2, -0.15) is 0 Å². The largest absolute Gasteiger partial charge is 0.496 e. The lowest BCUT2D eigenvalue weighted by atomic mass is 10.1. The number of methoxy groups -OCH3 is 2. The van der Waals surface area contributed by atoms with Crippen molar-refractivity contribution in [2.75, 3.05) is 24.9 Å². The SMILES string of the molecule is COc1cccc(OC)c1C(=O)Nc1ccc(Nc2ccc(F)c(F)c2)nn1. The van der Waals surface area contributed by atoms with E-state index in [1.165, 1.54) is 32.4 Å². The first-order chi connectivity index (χ1) is 13.5. The van der Waals surface area contributed by atoms with Crippen LogP contribution in [0.2, 0.25) is 0 Å². The van der Waals surface area contributed by atoms with Crippen LogP contribution >= 0.6 is 0 Å². The van der Waals surface area contributed by atoms with Crippen LogP contribution in [0.25, 0.3) is 0 Å². The first-order valence-electron chi connectivity index (χ1n) is 8.10. The summed E-state index contributed by atoms with van der Waals surface area (Å²) in [6.07, 6.45) is 0. The van der Waals surface area contributed by atoms with E-state index in [4.69, 9.17) is 9.47 Å². The van der Waals surface area contributed by atoms with Crippen LogP contribution in [0.15, 0.2) is 48.5 Å². The van der Waals surface area contributed by atoms with Crippen molar-refractivity contribution in [3.8, 4) is 11.5 Å². The third-order valence-electron chi connectivity index (χ3n) is 3.75. The van der Waals surface area contributed by atoms with Gasteiger partial charge in [-0.3, -0.25) is 4.79 Å². The highest BCUT2D eigenvalue weighted by Gasteiger charge is 2.18. The van der Waals surface area contributed by atoms with Gasteiger partial charge in [0.15, 0.2) is 23.3 Å². The maximum absolute atomic E-state index is 13.3. The number of carbonyl (C=O) groups excluding carboxylic acids is 1. The molecule has 7 nitrogen and oxygen atoms in total. The van der Waals surface area contributed by atoms with E-state index in [1.54, 1.807) is 18.2 Å². The van der Waals surface area contributed by atoms with Crippen molar-refractivity contribution in [3.05, 3.63) is 65.7 Å². The summed E-state index contributed by atoms with van der Waals surface area (Å²) < 4.78 is 36.6. The fraction of sp³-hybridized carbons (Fsp3) is 0.105. The Morgan fingerprint density at radius 1 is 0.893 bits per heavy atom. The first-order valence-corrected chi connectivity index (χ1v) is 8.10. The highest BCUT2D eigenvalue weighted by atomic mass is 19.2. The van der Waals surface area contributed by atoms with E-state index in [9.17, 15) is 13.6 Å². The number of nitrogens with zero attached hydrogens (tertiary/aromatic N) is 2. The summed E-state index contributed by atoms with van der Waals surface area (Å²) in [7, 11) is 2.90. The van der Waals surface area contributed by atoms with Crippen molar-refractivity contribution < 1.29 is 23.0 Å². The molecule has 144 valence electrons. The Hall–Kier alpha value is -3.75. The summed E-state index contributed by atoms with van der Waals surface area (Å²) in [6.45, 7) is 0. The molecule has 0 aliphatic carbocycles. The van der Waals surface area contributed by atoms with Crippen LogP contribution in [0.4, 0.5) is 26.1 Å². The molecule has 2 aromatic carbocycles.